The highest BCUT2D eigenvalue weighted by Gasteiger charge is 2.14. The second-order valence-electron chi connectivity index (χ2n) is 5.54. The standard InChI is InChI=1S/C17H24N2/c1-5-16(19-9-8-18-12-19)6-7-17-14(3)10-13(2)11-15(17)4/h8-12,16H,5-7H2,1-4H3/p+1. The van der Waals surface area contributed by atoms with E-state index in [1.54, 1.807) is 0 Å². The highest BCUT2D eigenvalue weighted by Crippen LogP contribution is 2.21. The molecule has 0 radical (unpaired) electrons. The van der Waals surface area contributed by atoms with Gasteiger partial charge in [-0.25, -0.2) is 4.57 Å². The summed E-state index contributed by atoms with van der Waals surface area (Å²) in [4.78, 5) is 3.14. The van der Waals surface area contributed by atoms with Crippen LogP contribution in [0.4, 0.5) is 0 Å². The highest BCUT2D eigenvalue weighted by molar-refractivity contribution is 5.37. The fraction of sp³-hybridized carbons (Fsp3) is 0.471. The molecule has 0 bridgehead atoms. The van der Waals surface area contributed by atoms with Gasteiger partial charge in [-0.1, -0.05) is 24.6 Å². The number of hydrogen-bond acceptors (Lipinski definition) is 0. The van der Waals surface area contributed by atoms with Crippen LogP contribution >= 0.6 is 0 Å². The fourth-order valence-electron chi connectivity index (χ4n) is 3.01. The Morgan fingerprint density at radius 2 is 1.84 bits per heavy atom. The van der Waals surface area contributed by atoms with Gasteiger partial charge in [-0.15, -0.1) is 0 Å². The number of imidazole rings is 1. The second-order valence-corrected chi connectivity index (χ2v) is 5.54. The Bertz CT molecular complexity index is 503. The van der Waals surface area contributed by atoms with Gasteiger partial charge in [0.15, 0.2) is 0 Å². The zero-order chi connectivity index (χ0) is 13.8. The number of rotatable bonds is 5. The zero-order valence-electron chi connectivity index (χ0n) is 12.5. The van der Waals surface area contributed by atoms with Crippen molar-refractivity contribution < 1.29 is 4.57 Å². The molecule has 1 N–H and O–H groups in total. The average molecular weight is 257 g/mol. The SMILES string of the molecule is CCC(CCc1c(C)cc(C)cc1C)[n+]1cc[nH]c1. The van der Waals surface area contributed by atoms with Gasteiger partial charge >= 0.3 is 0 Å². The molecule has 2 nitrogen and oxygen atoms in total. The summed E-state index contributed by atoms with van der Waals surface area (Å²) in [7, 11) is 0. The van der Waals surface area contributed by atoms with Crippen LogP contribution in [0, 0.1) is 20.8 Å². The van der Waals surface area contributed by atoms with E-state index < -0.39 is 0 Å². The van der Waals surface area contributed by atoms with Crippen LogP contribution in [0.2, 0.25) is 0 Å². The molecule has 0 saturated carbocycles. The van der Waals surface area contributed by atoms with Gasteiger partial charge in [0.2, 0.25) is 6.33 Å². The molecular formula is C17H25N2+. The normalized spacial score (nSPS) is 12.6. The molecule has 102 valence electrons. The number of hydrogen-bond donors (Lipinski definition) is 1. The summed E-state index contributed by atoms with van der Waals surface area (Å²) in [5.74, 6) is 0. The third kappa shape index (κ3) is 3.25. The Hall–Kier alpha value is -1.57. The lowest BCUT2D eigenvalue weighted by Gasteiger charge is -2.15. The Kier molecular flexibility index (Phi) is 4.41. The third-order valence-corrected chi connectivity index (χ3v) is 4.03. The van der Waals surface area contributed by atoms with Crippen LogP contribution in [-0.4, -0.2) is 4.98 Å². The van der Waals surface area contributed by atoms with Crippen molar-refractivity contribution in [2.24, 2.45) is 0 Å². The summed E-state index contributed by atoms with van der Waals surface area (Å²) < 4.78 is 2.29. The maximum atomic E-state index is 3.14. The van der Waals surface area contributed by atoms with Gasteiger partial charge in [0.05, 0.1) is 0 Å². The number of aryl methyl sites for hydroxylation is 3. The predicted octanol–water partition coefficient (Wildman–Crippen LogP) is 3.81. The van der Waals surface area contributed by atoms with Crippen molar-refractivity contribution in [3.05, 3.63) is 53.1 Å². The molecular weight excluding hydrogens is 232 g/mol. The van der Waals surface area contributed by atoms with Gasteiger partial charge in [0, 0.05) is 0 Å². The monoisotopic (exact) mass is 257 g/mol. The van der Waals surface area contributed by atoms with Gasteiger partial charge in [0.1, 0.15) is 18.4 Å². The fourth-order valence-corrected chi connectivity index (χ4v) is 3.01. The lowest BCUT2D eigenvalue weighted by Crippen LogP contribution is -2.37. The maximum Gasteiger partial charge on any atom is 0.241 e. The molecule has 0 spiro atoms. The molecule has 1 aromatic heterocycles. The molecule has 2 heteroatoms. The molecule has 0 aliphatic carbocycles. The second kappa shape index (κ2) is 6.05. The van der Waals surface area contributed by atoms with Crippen molar-refractivity contribution in [2.45, 2.75) is 53.0 Å². The molecule has 0 aliphatic heterocycles. The molecule has 19 heavy (non-hydrogen) atoms. The average Bonchev–Trinajstić information content (AvgIpc) is 2.86. The van der Waals surface area contributed by atoms with Crippen molar-refractivity contribution >= 4 is 0 Å². The summed E-state index contributed by atoms with van der Waals surface area (Å²) in [5.41, 5.74) is 5.77. The molecule has 1 aromatic carbocycles. The number of aromatic nitrogens is 2. The molecule has 0 amide bonds. The smallest absolute Gasteiger partial charge is 0.241 e. The first-order valence-corrected chi connectivity index (χ1v) is 7.22. The highest BCUT2D eigenvalue weighted by atomic mass is 15.0. The quantitative estimate of drug-likeness (QED) is 0.786. The number of nitrogens with one attached hydrogen (secondary N) is 1. The Balaban J connectivity index is 2.10. The predicted molar refractivity (Wildman–Crippen MR) is 79.3 cm³/mol. The Labute approximate surface area is 116 Å². The summed E-state index contributed by atoms with van der Waals surface area (Å²) >= 11 is 0. The van der Waals surface area contributed by atoms with Crippen LogP contribution in [0.1, 0.15) is 48.1 Å². The summed E-state index contributed by atoms with van der Waals surface area (Å²) in [6.45, 7) is 8.91. The number of nitrogens with zero attached hydrogens (tertiary/aromatic N) is 1. The van der Waals surface area contributed by atoms with Gasteiger partial charge in [0.25, 0.3) is 0 Å². The first-order valence-electron chi connectivity index (χ1n) is 7.22. The minimum absolute atomic E-state index is 0.589. The van der Waals surface area contributed by atoms with Crippen molar-refractivity contribution in [3.8, 4) is 0 Å². The van der Waals surface area contributed by atoms with E-state index in [0.29, 0.717) is 6.04 Å². The number of benzene rings is 1. The molecule has 1 unspecified atom stereocenters. The minimum Gasteiger partial charge on any atom is -0.250 e. The van der Waals surface area contributed by atoms with E-state index in [0.717, 1.165) is 6.42 Å². The van der Waals surface area contributed by atoms with Crippen LogP contribution < -0.4 is 4.57 Å². The Morgan fingerprint density at radius 3 is 2.37 bits per heavy atom. The van der Waals surface area contributed by atoms with Crippen LogP contribution in [0.5, 0.6) is 0 Å². The zero-order valence-corrected chi connectivity index (χ0v) is 12.5. The van der Waals surface area contributed by atoms with E-state index in [-0.39, 0.29) is 0 Å². The maximum absolute atomic E-state index is 3.14. The molecule has 0 fully saturated rings. The minimum atomic E-state index is 0.589. The van der Waals surface area contributed by atoms with E-state index in [4.69, 9.17) is 0 Å². The van der Waals surface area contributed by atoms with Gasteiger partial charge < -0.3 is 0 Å². The first kappa shape index (κ1) is 13.9. The first-order chi connectivity index (χ1) is 9.11. The van der Waals surface area contributed by atoms with E-state index in [2.05, 4.69) is 61.9 Å². The topological polar surface area (TPSA) is 19.7 Å². The van der Waals surface area contributed by atoms with Crippen molar-refractivity contribution in [3.63, 3.8) is 0 Å². The van der Waals surface area contributed by atoms with E-state index >= 15 is 0 Å². The molecule has 1 heterocycles. The summed E-state index contributed by atoms with van der Waals surface area (Å²) in [6, 6.07) is 5.19. The number of aromatic amines is 1. The molecule has 2 rings (SSSR count). The van der Waals surface area contributed by atoms with Crippen LogP contribution in [0.3, 0.4) is 0 Å². The molecule has 0 saturated heterocycles. The summed E-state index contributed by atoms with van der Waals surface area (Å²) in [6.07, 6.45) is 9.71. The van der Waals surface area contributed by atoms with Crippen LogP contribution in [0.25, 0.3) is 0 Å². The van der Waals surface area contributed by atoms with Gasteiger partial charge in [-0.2, -0.15) is 0 Å². The van der Waals surface area contributed by atoms with Crippen LogP contribution in [0.15, 0.2) is 30.9 Å². The van der Waals surface area contributed by atoms with Gasteiger partial charge in [-0.3, -0.25) is 4.98 Å². The molecule has 2 aromatic rings. The Morgan fingerprint density at radius 1 is 1.16 bits per heavy atom. The summed E-state index contributed by atoms with van der Waals surface area (Å²) in [5, 5.41) is 0. The van der Waals surface area contributed by atoms with E-state index in [1.807, 2.05) is 6.20 Å². The van der Waals surface area contributed by atoms with Crippen molar-refractivity contribution in [1.29, 1.82) is 0 Å². The number of H-pyrrole nitrogens is 1. The van der Waals surface area contributed by atoms with E-state index in [1.165, 1.54) is 35.1 Å². The lowest BCUT2D eigenvalue weighted by atomic mass is 9.94. The van der Waals surface area contributed by atoms with E-state index in [9.17, 15) is 0 Å². The van der Waals surface area contributed by atoms with Crippen molar-refractivity contribution in [1.82, 2.24) is 4.98 Å². The molecule has 1 atom stereocenters. The third-order valence-electron chi connectivity index (χ3n) is 4.03. The van der Waals surface area contributed by atoms with Gasteiger partial charge in [-0.05, 0) is 56.7 Å². The van der Waals surface area contributed by atoms with Crippen molar-refractivity contribution in [2.75, 3.05) is 0 Å². The molecule has 0 aliphatic rings. The largest absolute Gasteiger partial charge is 0.250 e. The van der Waals surface area contributed by atoms with Crippen LogP contribution in [-0.2, 0) is 6.42 Å². The lowest BCUT2D eigenvalue weighted by molar-refractivity contribution is -0.722.